The number of nitro groups is 1. The number of rotatable bonds is 6. The molecule has 0 aromatic heterocycles. The second kappa shape index (κ2) is 6.12. The van der Waals surface area contributed by atoms with Gasteiger partial charge in [-0.15, -0.1) is 0 Å². The van der Waals surface area contributed by atoms with Gasteiger partial charge in [0.1, 0.15) is 0 Å². The van der Waals surface area contributed by atoms with Gasteiger partial charge < -0.3 is 10.4 Å². The highest BCUT2D eigenvalue weighted by Crippen LogP contribution is 2.28. The molecule has 0 unspecified atom stereocenters. The molecule has 0 radical (unpaired) electrons. The number of nitrogens with one attached hydrogen (secondary N) is 1. The molecule has 0 aliphatic heterocycles. The molecular weight excluding hydrogens is 244 g/mol. The van der Waals surface area contributed by atoms with Crippen LogP contribution in [0, 0.1) is 10.1 Å². The summed E-state index contributed by atoms with van der Waals surface area (Å²) in [5, 5.41) is 23.9. The van der Waals surface area contributed by atoms with Crippen LogP contribution in [-0.4, -0.2) is 28.7 Å². The Morgan fingerprint density at radius 1 is 1.26 bits per heavy atom. The molecule has 0 heterocycles. The van der Waals surface area contributed by atoms with Crippen LogP contribution in [0.2, 0.25) is 0 Å². The van der Waals surface area contributed by atoms with Crippen LogP contribution in [0.25, 0.3) is 0 Å². The Morgan fingerprint density at radius 2 is 1.89 bits per heavy atom. The van der Waals surface area contributed by atoms with Crippen molar-refractivity contribution in [3.05, 3.63) is 39.9 Å². The van der Waals surface area contributed by atoms with Gasteiger partial charge in [-0.3, -0.25) is 10.1 Å². The van der Waals surface area contributed by atoms with Gasteiger partial charge in [-0.2, -0.15) is 0 Å². The van der Waals surface area contributed by atoms with Crippen molar-refractivity contribution in [2.24, 2.45) is 0 Å². The van der Waals surface area contributed by atoms with Gasteiger partial charge in [0.25, 0.3) is 5.69 Å². The highest BCUT2D eigenvalue weighted by molar-refractivity contribution is 5.32. The van der Waals surface area contributed by atoms with Gasteiger partial charge in [-0.25, -0.2) is 0 Å². The molecule has 1 fully saturated rings. The summed E-state index contributed by atoms with van der Waals surface area (Å²) in [6, 6.07) is 6.62. The van der Waals surface area contributed by atoms with Gasteiger partial charge in [0, 0.05) is 18.7 Å². The summed E-state index contributed by atoms with van der Waals surface area (Å²) < 4.78 is 0. The maximum absolute atomic E-state index is 10.5. The van der Waals surface area contributed by atoms with Crippen LogP contribution < -0.4 is 5.32 Å². The summed E-state index contributed by atoms with van der Waals surface area (Å²) in [6.45, 7) is 1.42. The van der Waals surface area contributed by atoms with E-state index in [2.05, 4.69) is 5.32 Å². The van der Waals surface area contributed by atoms with E-state index in [0.717, 1.165) is 44.2 Å². The first-order chi connectivity index (χ1) is 9.09. The van der Waals surface area contributed by atoms with Gasteiger partial charge in [0.05, 0.1) is 10.5 Å². The third-order valence-electron chi connectivity index (χ3n) is 3.73. The lowest BCUT2D eigenvalue weighted by atomic mass is 10.0. The average molecular weight is 264 g/mol. The smallest absolute Gasteiger partial charge is 0.269 e. The Kier molecular flexibility index (Phi) is 4.50. The minimum Gasteiger partial charge on any atom is -0.389 e. The number of hydrogen-bond acceptors (Lipinski definition) is 4. The maximum Gasteiger partial charge on any atom is 0.269 e. The molecule has 0 atom stereocenters. The van der Waals surface area contributed by atoms with E-state index in [-0.39, 0.29) is 5.69 Å². The van der Waals surface area contributed by atoms with E-state index in [1.165, 1.54) is 12.1 Å². The maximum atomic E-state index is 10.5. The van der Waals surface area contributed by atoms with Crippen molar-refractivity contribution in [1.29, 1.82) is 0 Å². The molecule has 0 bridgehead atoms. The zero-order valence-corrected chi connectivity index (χ0v) is 11.0. The third-order valence-corrected chi connectivity index (χ3v) is 3.73. The van der Waals surface area contributed by atoms with Crippen LogP contribution in [0.5, 0.6) is 0 Å². The summed E-state index contributed by atoms with van der Waals surface area (Å²) >= 11 is 0. The van der Waals surface area contributed by atoms with E-state index in [1.807, 2.05) is 0 Å². The van der Waals surface area contributed by atoms with Crippen LogP contribution in [0.1, 0.15) is 31.2 Å². The topological polar surface area (TPSA) is 75.4 Å². The third kappa shape index (κ3) is 4.01. The van der Waals surface area contributed by atoms with Gasteiger partial charge in [-0.05, 0) is 31.4 Å². The Labute approximate surface area is 112 Å². The van der Waals surface area contributed by atoms with Crippen molar-refractivity contribution in [3.8, 4) is 0 Å². The van der Waals surface area contributed by atoms with Crippen molar-refractivity contribution in [3.63, 3.8) is 0 Å². The van der Waals surface area contributed by atoms with Crippen molar-refractivity contribution in [1.82, 2.24) is 5.32 Å². The predicted molar refractivity (Wildman–Crippen MR) is 73.1 cm³/mol. The highest BCUT2D eigenvalue weighted by Gasteiger charge is 2.30. The van der Waals surface area contributed by atoms with Crippen molar-refractivity contribution in [2.75, 3.05) is 13.1 Å². The molecule has 5 nitrogen and oxygen atoms in total. The van der Waals surface area contributed by atoms with Gasteiger partial charge in [0.2, 0.25) is 0 Å². The quantitative estimate of drug-likeness (QED) is 0.468. The van der Waals surface area contributed by atoms with E-state index in [1.54, 1.807) is 12.1 Å². The van der Waals surface area contributed by atoms with Gasteiger partial charge in [0.15, 0.2) is 0 Å². The molecule has 0 spiro atoms. The Morgan fingerprint density at radius 3 is 2.47 bits per heavy atom. The minimum atomic E-state index is -0.518. The molecule has 1 aromatic rings. The molecular formula is C14H20N2O3. The molecule has 0 saturated heterocycles. The average Bonchev–Trinajstić information content (AvgIpc) is 2.83. The zero-order chi connectivity index (χ0) is 13.7. The second-order valence-corrected chi connectivity index (χ2v) is 5.28. The fraction of sp³-hybridized carbons (Fsp3) is 0.571. The number of benzene rings is 1. The normalized spacial score (nSPS) is 17.5. The summed E-state index contributed by atoms with van der Waals surface area (Å²) in [4.78, 5) is 10.1. The van der Waals surface area contributed by atoms with E-state index in [9.17, 15) is 15.2 Å². The molecule has 104 valence electrons. The lowest BCUT2D eigenvalue weighted by Gasteiger charge is -2.22. The second-order valence-electron chi connectivity index (χ2n) is 5.28. The Hall–Kier alpha value is -1.46. The fourth-order valence-electron chi connectivity index (χ4n) is 2.55. The largest absolute Gasteiger partial charge is 0.389 e. The molecule has 2 rings (SSSR count). The summed E-state index contributed by atoms with van der Waals surface area (Å²) in [7, 11) is 0. The summed E-state index contributed by atoms with van der Waals surface area (Å²) in [5.41, 5.74) is 0.670. The standard InChI is InChI=1S/C14H20N2O3/c17-14(8-1-2-9-14)11-15-10-7-12-3-5-13(6-4-12)16(18)19/h3-6,15,17H,1-2,7-11H2. The minimum absolute atomic E-state index is 0.122. The SMILES string of the molecule is O=[N+]([O-])c1ccc(CCNCC2(O)CCCC2)cc1. The molecule has 5 heteroatoms. The van der Waals surface area contributed by atoms with E-state index < -0.39 is 10.5 Å². The molecule has 1 saturated carbocycles. The summed E-state index contributed by atoms with van der Waals surface area (Å²) in [6.07, 6.45) is 4.81. The first-order valence-corrected chi connectivity index (χ1v) is 6.76. The van der Waals surface area contributed by atoms with Crippen LogP contribution in [0.15, 0.2) is 24.3 Å². The van der Waals surface area contributed by atoms with Gasteiger partial charge >= 0.3 is 0 Å². The molecule has 19 heavy (non-hydrogen) atoms. The Bertz CT molecular complexity index is 425. The van der Waals surface area contributed by atoms with E-state index in [0.29, 0.717) is 6.54 Å². The van der Waals surface area contributed by atoms with Crippen LogP contribution in [-0.2, 0) is 6.42 Å². The first-order valence-electron chi connectivity index (χ1n) is 6.76. The lowest BCUT2D eigenvalue weighted by molar-refractivity contribution is -0.384. The molecule has 0 amide bonds. The zero-order valence-electron chi connectivity index (χ0n) is 11.0. The van der Waals surface area contributed by atoms with E-state index >= 15 is 0 Å². The first kappa shape index (κ1) is 14.0. The highest BCUT2D eigenvalue weighted by atomic mass is 16.6. The van der Waals surface area contributed by atoms with Crippen molar-refractivity contribution >= 4 is 5.69 Å². The Balaban J connectivity index is 1.72. The fourth-order valence-corrected chi connectivity index (χ4v) is 2.55. The monoisotopic (exact) mass is 264 g/mol. The summed E-state index contributed by atoms with van der Waals surface area (Å²) in [5.74, 6) is 0. The number of nitro benzene ring substituents is 1. The predicted octanol–water partition coefficient (Wildman–Crippen LogP) is 2.03. The van der Waals surface area contributed by atoms with Crippen LogP contribution in [0.3, 0.4) is 0 Å². The van der Waals surface area contributed by atoms with Gasteiger partial charge in [-0.1, -0.05) is 25.0 Å². The molecule has 2 N–H and O–H groups in total. The van der Waals surface area contributed by atoms with Crippen molar-refractivity contribution < 1.29 is 10.0 Å². The van der Waals surface area contributed by atoms with Crippen molar-refractivity contribution in [2.45, 2.75) is 37.7 Å². The molecule has 1 aromatic carbocycles. The van der Waals surface area contributed by atoms with Crippen LogP contribution in [0.4, 0.5) is 5.69 Å². The molecule has 1 aliphatic rings. The lowest BCUT2D eigenvalue weighted by Crippen LogP contribution is -2.38. The number of nitrogens with zero attached hydrogens (tertiary/aromatic N) is 1. The molecule has 1 aliphatic carbocycles. The number of aliphatic hydroxyl groups is 1. The van der Waals surface area contributed by atoms with E-state index in [4.69, 9.17) is 0 Å². The number of non-ortho nitro benzene ring substituents is 1. The number of hydrogen-bond donors (Lipinski definition) is 2. The van der Waals surface area contributed by atoms with Crippen LogP contribution >= 0.6 is 0 Å².